The molecule has 10 aromatic carbocycles. The van der Waals surface area contributed by atoms with Crippen molar-refractivity contribution in [2.24, 2.45) is 23.3 Å². The Morgan fingerprint density at radius 3 is 0.850 bits per heavy atom. The van der Waals surface area contributed by atoms with Crippen LogP contribution in [0.2, 0.25) is 0 Å². The van der Waals surface area contributed by atoms with Gasteiger partial charge < -0.3 is 74.9 Å². The summed E-state index contributed by atoms with van der Waals surface area (Å²) in [6.45, 7) is 25.4. The predicted molar refractivity (Wildman–Crippen MR) is 560 cm³/mol. The topological polar surface area (TPSA) is 446 Å². The van der Waals surface area contributed by atoms with E-state index in [-0.39, 0.29) is 67.9 Å². The molecule has 0 aliphatic carbocycles. The lowest BCUT2D eigenvalue weighted by molar-refractivity contribution is -0.158. The fraction of sp³-hybridized carbons (Fsp3) is 0.304. The summed E-state index contributed by atoms with van der Waals surface area (Å²) < 4.78 is 71.8. The maximum absolute atomic E-state index is 12.8. The van der Waals surface area contributed by atoms with Gasteiger partial charge in [-0.3, -0.25) is 38.2 Å². The lowest BCUT2D eigenvalue weighted by Gasteiger charge is -2.25. The standard InChI is InChI=1S/C29H35NO6.C22H25N3O4.C18H16O5S.C18H16O3.C17H14O3.C11H21NO4.ClH/c1-7-35-19-23-12-10-21(11-13-23)8-9-22-14-16-24(17-15-22)27(32)30-26(28(33)34-6)20(2)18-25(31)36-29(3,4)5;1-3-29-14-18-8-6-16(7-9-18)4-5-17-10-12-19(13-11-17)21(26)24-20(15(2)23)22(27)25-28;1-22-18(19)17-11-9-15(10-12-17)4-3-14-5-7-16(8-6-14)13-23-24(2,20)21;1-2-21-13-16-7-5-14(6-8-16)3-4-15-9-11-17(12-10-15)18(19)20;1-20-17(19)16-10-8-14(9-11-16)3-2-13-4-6-15(12-18)7-5-13;1-7(9(12)10(14)15-5)6-8(13)16-11(2,3)4;/h10-17,20,26H,7,18-19H2,1-6H3,(H,30,32);6-13,15,20,28H,3,14,23H2,1-2H3,(H,24,26)(H,25,27);5-12H,13H2,1-2H3;5-12H,2,13H2,1H3,(H,19,20);4-11,18H,12H2,1H3;7,9H,6,12H2,1-5H3;1H/t20-,26-;15-,20+;;;;7-,9-;/m01...0./s1. The Balaban J connectivity index is 0.000000374. The van der Waals surface area contributed by atoms with Crippen LogP contribution in [0.1, 0.15) is 231 Å². The molecule has 10 N–H and O–H groups in total. The Bertz CT molecular complexity index is 6380. The molecule has 0 spiro atoms. The summed E-state index contributed by atoms with van der Waals surface area (Å²) in [5.74, 6) is 24.2. The molecule has 10 aromatic rings. The summed E-state index contributed by atoms with van der Waals surface area (Å²) in [6.07, 6.45) is 1.07. The van der Waals surface area contributed by atoms with Crippen molar-refractivity contribution in [1.82, 2.24) is 16.1 Å². The van der Waals surface area contributed by atoms with Gasteiger partial charge in [0.1, 0.15) is 29.3 Å². The van der Waals surface area contributed by atoms with E-state index >= 15 is 0 Å². The molecule has 0 fully saturated rings. The molecule has 0 unspecified atom stereocenters. The Morgan fingerprint density at radius 1 is 0.361 bits per heavy atom. The van der Waals surface area contributed by atoms with Crippen molar-refractivity contribution >= 4 is 82.0 Å². The van der Waals surface area contributed by atoms with E-state index < -0.39 is 93.0 Å². The minimum absolute atomic E-state index is 0. The quantitative estimate of drug-likeness (QED) is 0.00517. The molecule has 776 valence electrons. The van der Waals surface area contributed by atoms with Crippen molar-refractivity contribution in [2.45, 2.75) is 164 Å². The molecule has 0 aliphatic heterocycles. The molecule has 30 nitrogen and oxygen atoms in total. The molecule has 10 rings (SSSR count). The summed E-state index contributed by atoms with van der Waals surface area (Å²) in [5, 5.41) is 31.7. The number of hydrogen-bond donors (Lipinski definition) is 8. The van der Waals surface area contributed by atoms with E-state index in [2.05, 4.69) is 84.0 Å². The second-order valence-corrected chi connectivity index (χ2v) is 35.9. The van der Waals surface area contributed by atoms with Crippen molar-refractivity contribution in [2.75, 3.05) is 54.5 Å². The number of amides is 3. The fourth-order valence-corrected chi connectivity index (χ4v) is 12.5. The number of carbonyl (C=O) groups excluding carboxylic acids is 9. The number of aliphatic hydroxyl groups is 1. The van der Waals surface area contributed by atoms with Gasteiger partial charge in [-0.15, -0.1) is 12.4 Å². The molecular formula is C115H128ClN5O25S. The van der Waals surface area contributed by atoms with E-state index in [1.165, 1.54) is 33.9 Å². The molecule has 0 heterocycles. The average molecular weight is 2050 g/mol. The maximum Gasteiger partial charge on any atom is 0.337 e. The number of hydroxylamine groups is 1. The number of nitrogens with two attached hydrogens (primary N) is 2. The number of benzene rings is 10. The highest BCUT2D eigenvalue weighted by Gasteiger charge is 2.32. The van der Waals surface area contributed by atoms with E-state index in [0.717, 1.165) is 89.7 Å². The molecule has 0 aliphatic rings. The number of methoxy groups -OCH3 is 4. The molecule has 3 amide bonds. The third-order valence-electron chi connectivity index (χ3n) is 20.0. The average Bonchev–Trinajstić information content (AvgIpc) is 0.841. The number of esters is 6. The SMILES string of the molecule is CCOCc1ccc(C#Cc2ccc(C(=O)N[C@H](C(=O)NO)[C@@H](C)N)cc2)cc1.CCOCc1ccc(C#Cc2ccc(C(=O)N[C@H](C(=O)OC)[C@@H](C)CC(=O)OC(C)(C)C)cc2)cc1.CCOCc1ccc(C#Cc2ccc(C(=O)O)cc2)cc1.COC(=O)[C@@H](N)[C@@H](C)CC(=O)OC(C)(C)C.COC(=O)c1ccc(C#Cc2ccc(CO)cc2)cc1.COC(=O)c1ccc(C#Cc2ccc(COS(C)(=O)=O)cc2)cc1.Cl. The Kier molecular flexibility index (Phi) is 54.9. The van der Waals surface area contributed by atoms with E-state index in [0.29, 0.717) is 61.9 Å². The monoisotopic (exact) mass is 2050 g/mol. The van der Waals surface area contributed by atoms with Gasteiger partial charge in [-0.25, -0.2) is 24.7 Å². The summed E-state index contributed by atoms with van der Waals surface area (Å²) in [6, 6.07) is 68.2. The van der Waals surface area contributed by atoms with Crippen molar-refractivity contribution in [3.05, 3.63) is 354 Å². The lowest BCUT2D eigenvalue weighted by Crippen LogP contribution is -2.54. The van der Waals surface area contributed by atoms with Gasteiger partial charge in [0.2, 0.25) is 0 Å². The molecule has 0 saturated heterocycles. The first kappa shape index (κ1) is 124. The number of aliphatic hydroxyl groups excluding tert-OH is 1. The van der Waals surface area contributed by atoms with Crippen LogP contribution < -0.4 is 27.6 Å². The van der Waals surface area contributed by atoms with Crippen molar-refractivity contribution < 1.29 is 119 Å². The molecule has 0 saturated carbocycles. The number of aromatic carboxylic acids is 1. The predicted octanol–water partition coefficient (Wildman–Crippen LogP) is 15.1. The zero-order chi connectivity index (χ0) is 108. The summed E-state index contributed by atoms with van der Waals surface area (Å²) in [4.78, 5) is 117. The van der Waals surface area contributed by atoms with E-state index in [9.17, 15) is 56.4 Å². The largest absolute Gasteiger partial charge is 0.478 e. The van der Waals surface area contributed by atoms with Gasteiger partial charge in [0.15, 0.2) is 0 Å². The van der Waals surface area contributed by atoms with E-state index in [1.807, 2.05) is 118 Å². The van der Waals surface area contributed by atoms with Crippen LogP contribution in [0.5, 0.6) is 0 Å². The van der Waals surface area contributed by atoms with Crippen molar-refractivity contribution in [1.29, 1.82) is 0 Å². The van der Waals surface area contributed by atoms with Crippen LogP contribution in [0.15, 0.2) is 243 Å². The Morgan fingerprint density at radius 2 is 0.612 bits per heavy atom. The van der Waals surface area contributed by atoms with Crippen molar-refractivity contribution in [3.63, 3.8) is 0 Å². The second kappa shape index (κ2) is 65.1. The smallest absolute Gasteiger partial charge is 0.337 e. The van der Waals surface area contributed by atoms with Crippen LogP contribution in [-0.4, -0.2) is 173 Å². The highest BCUT2D eigenvalue weighted by atomic mass is 35.5. The van der Waals surface area contributed by atoms with Gasteiger partial charge in [0.05, 0.1) is 97.3 Å². The third-order valence-corrected chi connectivity index (χ3v) is 20.6. The minimum Gasteiger partial charge on any atom is -0.478 e. The number of nitrogens with one attached hydrogen (secondary N) is 3. The number of ether oxygens (including phenoxy) is 9. The number of carbonyl (C=O) groups is 10. The molecule has 32 heteroatoms. The van der Waals surface area contributed by atoms with Gasteiger partial charge in [-0.05, 0) is 291 Å². The van der Waals surface area contributed by atoms with Crippen LogP contribution >= 0.6 is 12.4 Å². The van der Waals surface area contributed by atoms with Crippen LogP contribution in [0.3, 0.4) is 0 Å². The summed E-state index contributed by atoms with van der Waals surface area (Å²) in [7, 11) is 1.74. The second-order valence-electron chi connectivity index (χ2n) is 34.3. The summed E-state index contributed by atoms with van der Waals surface area (Å²) >= 11 is 0. The first-order valence-corrected chi connectivity index (χ1v) is 48.0. The maximum atomic E-state index is 12.8. The van der Waals surface area contributed by atoms with Crippen LogP contribution in [-0.2, 0) is 114 Å². The number of hydrogen-bond acceptors (Lipinski definition) is 26. The van der Waals surface area contributed by atoms with E-state index in [1.54, 1.807) is 208 Å². The van der Waals surface area contributed by atoms with Crippen molar-refractivity contribution in [3.8, 4) is 59.2 Å². The normalized spacial score (nSPS) is 11.5. The fourth-order valence-electron chi connectivity index (χ4n) is 12.1. The van der Waals surface area contributed by atoms with Crippen LogP contribution in [0.25, 0.3) is 0 Å². The highest BCUT2D eigenvalue weighted by Crippen LogP contribution is 2.21. The van der Waals surface area contributed by atoms with Gasteiger partial charge in [0, 0.05) is 92.6 Å². The molecule has 147 heavy (non-hydrogen) atoms. The minimum atomic E-state index is -3.45. The van der Waals surface area contributed by atoms with Gasteiger partial charge >= 0.3 is 41.8 Å². The molecule has 6 atom stereocenters. The highest BCUT2D eigenvalue weighted by molar-refractivity contribution is 7.85. The van der Waals surface area contributed by atoms with Gasteiger partial charge in [-0.1, -0.05) is 134 Å². The zero-order valence-corrected chi connectivity index (χ0v) is 87.1. The number of halogens is 1. The zero-order valence-electron chi connectivity index (χ0n) is 85.4. The number of carboxylic acids is 1. The molecule has 0 bridgehead atoms. The Labute approximate surface area is 866 Å². The van der Waals surface area contributed by atoms with Crippen LogP contribution in [0, 0.1) is 71.0 Å². The molecule has 0 radical (unpaired) electrons. The van der Waals surface area contributed by atoms with Crippen LogP contribution in [0.4, 0.5) is 0 Å². The first-order valence-electron chi connectivity index (χ1n) is 46.2. The molecular weight excluding hydrogens is 1920 g/mol. The number of carboxylic acid groups (broad SMARTS) is 1. The van der Waals surface area contributed by atoms with E-state index in [4.69, 9.17) is 59.5 Å². The first-order chi connectivity index (χ1) is 69.4. The third kappa shape index (κ3) is 49.2. The summed E-state index contributed by atoms with van der Waals surface area (Å²) in [5.41, 5.74) is 26.7. The lowest BCUT2D eigenvalue weighted by atomic mass is 9.97. The molecule has 0 aromatic heterocycles. The van der Waals surface area contributed by atoms with Gasteiger partial charge in [0.25, 0.3) is 27.8 Å². The number of rotatable bonds is 30. The van der Waals surface area contributed by atoms with Gasteiger partial charge in [-0.2, -0.15) is 8.42 Å². The Hall–Kier alpha value is -15.4.